The fraction of sp³-hybridized carbons (Fsp3) is 0.308. The first kappa shape index (κ1) is 16.4. The Hall–Kier alpha value is -1.66. The zero-order chi connectivity index (χ0) is 15.3. The van der Waals surface area contributed by atoms with E-state index in [-0.39, 0.29) is 17.6 Å². The van der Waals surface area contributed by atoms with Gasteiger partial charge in [0.05, 0.1) is 17.6 Å². The Bertz CT molecular complexity index is 536. The molecule has 7 heteroatoms. The molecule has 0 bridgehead atoms. The summed E-state index contributed by atoms with van der Waals surface area (Å²) in [5.41, 5.74) is 6.10. The zero-order valence-corrected chi connectivity index (χ0v) is 12.8. The van der Waals surface area contributed by atoms with Crippen LogP contribution in [-0.4, -0.2) is 35.3 Å². The molecule has 2 amide bonds. The molecule has 0 aliphatic rings. The maximum atomic E-state index is 12.0. The molecule has 1 aromatic carbocycles. The van der Waals surface area contributed by atoms with Crippen LogP contribution in [0.5, 0.6) is 0 Å². The number of rotatable bonds is 4. The van der Waals surface area contributed by atoms with Crippen LogP contribution in [-0.2, 0) is 9.59 Å². The van der Waals surface area contributed by atoms with Crippen LogP contribution in [0.1, 0.15) is 18.5 Å². The number of nitrogens with two attached hydrogens (primary N) is 1. The van der Waals surface area contributed by atoms with Gasteiger partial charge in [-0.1, -0.05) is 36.0 Å². The van der Waals surface area contributed by atoms with Crippen molar-refractivity contribution in [2.75, 3.05) is 13.6 Å². The second kappa shape index (κ2) is 7.21. The highest BCUT2D eigenvalue weighted by atomic mass is 35.5. The summed E-state index contributed by atoms with van der Waals surface area (Å²) in [6.07, 6.45) is 0. The molecule has 108 valence electrons. The van der Waals surface area contributed by atoms with Gasteiger partial charge in [-0.2, -0.15) is 0 Å². The van der Waals surface area contributed by atoms with Crippen molar-refractivity contribution in [3.05, 3.63) is 34.9 Å². The van der Waals surface area contributed by atoms with Gasteiger partial charge in [-0.15, -0.1) is 0 Å². The maximum Gasteiger partial charge on any atom is 0.312 e. The molecule has 0 saturated heterocycles. The number of likely N-dealkylation sites (N-methyl/N-ethyl adjacent to an activating group) is 1. The Morgan fingerprint density at radius 2 is 2.15 bits per heavy atom. The van der Waals surface area contributed by atoms with E-state index in [0.29, 0.717) is 5.02 Å². The van der Waals surface area contributed by atoms with Crippen molar-refractivity contribution < 1.29 is 9.59 Å². The Labute approximate surface area is 128 Å². The van der Waals surface area contributed by atoms with E-state index in [9.17, 15) is 9.59 Å². The number of carbonyl (C=O) groups is 2. The second-order valence-electron chi connectivity index (χ2n) is 4.30. The third-order valence-electron chi connectivity index (χ3n) is 2.85. The third-order valence-corrected chi connectivity index (χ3v) is 3.23. The minimum absolute atomic E-state index is 0.000702. The number of thiocarbonyl (C=S) groups is 1. The number of hydrogen-bond acceptors (Lipinski definition) is 3. The minimum atomic E-state index is -0.742. The molecular weight excluding hydrogens is 298 g/mol. The smallest absolute Gasteiger partial charge is 0.312 e. The lowest BCUT2D eigenvalue weighted by Crippen LogP contribution is -2.44. The largest absolute Gasteiger partial charge is 0.392 e. The molecule has 1 rings (SSSR count). The highest BCUT2D eigenvalue weighted by molar-refractivity contribution is 7.80. The van der Waals surface area contributed by atoms with Crippen molar-refractivity contribution in [2.24, 2.45) is 5.73 Å². The van der Waals surface area contributed by atoms with Crippen molar-refractivity contribution in [1.29, 1.82) is 0 Å². The minimum Gasteiger partial charge on any atom is -0.392 e. The molecule has 0 spiro atoms. The Morgan fingerprint density at radius 3 is 2.70 bits per heavy atom. The number of halogens is 1. The van der Waals surface area contributed by atoms with Crippen LogP contribution in [0.3, 0.4) is 0 Å². The average molecular weight is 314 g/mol. The van der Waals surface area contributed by atoms with Crippen molar-refractivity contribution in [3.63, 3.8) is 0 Å². The Balaban J connectivity index is 2.73. The van der Waals surface area contributed by atoms with Crippen LogP contribution >= 0.6 is 23.8 Å². The fourth-order valence-electron chi connectivity index (χ4n) is 1.57. The van der Waals surface area contributed by atoms with Crippen LogP contribution in [0, 0.1) is 0 Å². The maximum absolute atomic E-state index is 12.0. The Morgan fingerprint density at radius 1 is 1.50 bits per heavy atom. The predicted molar refractivity (Wildman–Crippen MR) is 82.4 cm³/mol. The van der Waals surface area contributed by atoms with Crippen molar-refractivity contribution in [3.8, 4) is 0 Å². The first-order chi connectivity index (χ1) is 9.32. The third kappa shape index (κ3) is 4.47. The van der Waals surface area contributed by atoms with Gasteiger partial charge in [-0.3, -0.25) is 9.59 Å². The van der Waals surface area contributed by atoms with E-state index in [0.717, 1.165) is 5.56 Å². The van der Waals surface area contributed by atoms with Crippen LogP contribution in [0.25, 0.3) is 0 Å². The molecule has 3 N–H and O–H groups in total. The topological polar surface area (TPSA) is 75.4 Å². The van der Waals surface area contributed by atoms with Crippen molar-refractivity contribution in [2.45, 2.75) is 13.0 Å². The van der Waals surface area contributed by atoms with E-state index in [1.807, 2.05) is 13.0 Å². The molecule has 0 aromatic heterocycles. The molecule has 0 aliphatic heterocycles. The highest BCUT2D eigenvalue weighted by Gasteiger charge is 2.23. The summed E-state index contributed by atoms with van der Waals surface area (Å²) in [7, 11) is 1.55. The van der Waals surface area contributed by atoms with Crippen LogP contribution in [0.2, 0.25) is 5.02 Å². The number of nitrogens with zero attached hydrogens (tertiary/aromatic N) is 1. The van der Waals surface area contributed by atoms with E-state index in [4.69, 9.17) is 17.3 Å². The zero-order valence-electron chi connectivity index (χ0n) is 11.2. The van der Waals surface area contributed by atoms with Gasteiger partial charge >= 0.3 is 11.8 Å². The van der Waals surface area contributed by atoms with Crippen LogP contribution in [0.15, 0.2) is 24.3 Å². The standard InChI is InChI=1S/C13H16ClN3O2S/c1-8(9-4-3-5-10(14)6-9)17(2)13(19)12(18)16-7-11(15)20/h3-6,8H,7H2,1-2H3,(H2,15,20)(H,16,18). The summed E-state index contributed by atoms with van der Waals surface area (Å²) in [4.78, 5) is 25.1. The molecule has 20 heavy (non-hydrogen) atoms. The first-order valence-electron chi connectivity index (χ1n) is 5.91. The molecule has 0 heterocycles. The molecule has 1 unspecified atom stereocenters. The monoisotopic (exact) mass is 313 g/mol. The molecular formula is C13H16ClN3O2S. The van der Waals surface area contributed by atoms with Crippen molar-refractivity contribution >= 4 is 40.6 Å². The fourth-order valence-corrected chi connectivity index (χ4v) is 1.84. The SMILES string of the molecule is CC(c1cccc(Cl)c1)N(C)C(=O)C(=O)NCC(N)=S. The number of hydrogen-bond donors (Lipinski definition) is 2. The Kier molecular flexibility index (Phi) is 5.91. The van der Waals surface area contributed by atoms with Crippen LogP contribution < -0.4 is 11.1 Å². The number of nitrogens with one attached hydrogen (secondary N) is 1. The summed E-state index contributed by atoms with van der Waals surface area (Å²) < 4.78 is 0. The summed E-state index contributed by atoms with van der Waals surface area (Å²) >= 11 is 10.5. The van der Waals surface area contributed by atoms with Gasteiger partial charge in [0, 0.05) is 12.1 Å². The van der Waals surface area contributed by atoms with Gasteiger partial charge in [-0.25, -0.2) is 0 Å². The second-order valence-corrected chi connectivity index (χ2v) is 5.26. The quantitative estimate of drug-likeness (QED) is 0.648. The average Bonchev–Trinajstić information content (AvgIpc) is 2.42. The van der Waals surface area contributed by atoms with Gasteiger partial charge in [0.25, 0.3) is 0 Å². The molecule has 0 aliphatic carbocycles. The molecule has 1 aromatic rings. The highest BCUT2D eigenvalue weighted by Crippen LogP contribution is 2.21. The van der Waals surface area contributed by atoms with E-state index in [1.54, 1.807) is 25.2 Å². The van der Waals surface area contributed by atoms with Gasteiger partial charge < -0.3 is 16.0 Å². The summed E-state index contributed by atoms with van der Waals surface area (Å²) in [5.74, 6) is -1.40. The van der Waals surface area contributed by atoms with Crippen LogP contribution in [0.4, 0.5) is 0 Å². The van der Waals surface area contributed by atoms with Gasteiger partial charge in [0.2, 0.25) is 0 Å². The molecule has 0 radical (unpaired) electrons. The normalized spacial score (nSPS) is 11.6. The number of benzene rings is 1. The van der Waals surface area contributed by atoms with Gasteiger partial charge in [0.1, 0.15) is 0 Å². The molecule has 1 atom stereocenters. The van der Waals surface area contributed by atoms with Gasteiger partial charge in [0.15, 0.2) is 0 Å². The lowest BCUT2D eigenvalue weighted by Gasteiger charge is -2.24. The lowest BCUT2D eigenvalue weighted by molar-refractivity contribution is -0.146. The van der Waals surface area contributed by atoms with E-state index < -0.39 is 11.8 Å². The lowest BCUT2D eigenvalue weighted by atomic mass is 10.1. The van der Waals surface area contributed by atoms with E-state index >= 15 is 0 Å². The number of amides is 2. The van der Waals surface area contributed by atoms with Gasteiger partial charge in [-0.05, 0) is 24.6 Å². The molecule has 0 saturated carbocycles. The summed E-state index contributed by atoms with van der Waals surface area (Å²) in [5, 5.41) is 2.94. The number of carbonyl (C=O) groups excluding carboxylic acids is 2. The first-order valence-corrected chi connectivity index (χ1v) is 6.70. The van der Waals surface area contributed by atoms with Crippen molar-refractivity contribution in [1.82, 2.24) is 10.2 Å². The molecule has 5 nitrogen and oxygen atoms in total. The van der Waals surface area contributed by atoms with E-state index in [1.165, 1.54) is 4.90 Å². The molecule has 0 fully saturated rings. The summed E-state index contributed by atoms with van der Waals surface area (Å²) in [6, 6.07) is 6.85. The van der Waals surface area contributed by atoms with E-state index in [2.05, 4.69) is 17.5 Å². The summed E-state index contributed by atoms with van der Waals surface area (Å²) in [6.45, 7) is 1.81. The predicted octanol–water partition coefficient (Wildman–Crippen LogP) is 1.26.